The highest BCUT2D eigenvalue weighted by molar-refractivity contribution is 5.95. The molecule has 0 aliphatic carbocycles. The maximum atomic E-state index is 11.6. The minimum absolute atomic E-state index is 0.0765. The van der Waals surface area contributed by atoms with E-state index in [-0.39, 0.29) is 11.7 Å². The molecule has 0 saturated carbocycles. The van der Waals surface area contributed by atoms with Gasteiger partial charge in [0.25, 0.3) is 0 Å². The summed E-state index contributed by atoms with van der Waals surface area (Å²) in [6.07, 6.45) is 0.897. The van der Waals surface area contributed by atoms with Gasteiger partial charge in [-0.05, 0) is 42.2 Å². The monoisotopic (exact) mass is 279 g/mol. The highest BCUT2D eigenvalue weighted by atomic mass is 16.2. The molecule has 0 saturated heterocycles. The fourth-order valence-corrected chi connectivity index (χ4v) is 2.81. The average Bonchev–Trinajstić information content (AvgIpc) is 2.90. The number of ketones is 1. The van der Waals surface area contributed by atoms with Crippen LogP contribution in [0.15, 0.2) is 42.5 Å². The van der Waals surface area contributed by atoms with Crippen LogP contribution in [0.5, 0.6) is 0 Å². The van der Waals surface area contributed by atoms with Crippen molar-refractivity contribution in [3.63, 3.8) is 0 Å². The molecule has 1 heterocycles. The lowest BCUT2D eigenvalue weighted by atomic mass is 10.00. The summed E-state index contributed by atoms with van der Waals surface area (Å²) in [5.74, 6) is 0.167. The van der Waals surface area contributed by atoms with Crippen molar-refractivity contribution in [2.45, 2.75) is 20.3 Å². The van der Waals surface area contributed by atoms with E-state index in [1.54, 1.807) is 13.8 Å². The largest absolute Gasteiger partial charge is 0.312 e. The van der Waals surface area contributed by atoms with Gasteiger partial charge in [0, 0.05) is 24.7 Å². The SMILES string of the molecule is CC(=O)c1ccc(-c2ccc3c(c2)CCN3C(C)=O)cc1. The van der Waals surface area contributed by atoms with Gasteiger partial charge in [-0.15, -0.1) is 0 Å². The first-order chi connectivity index (χ1) is 10.1. The van der Waals surface area contributed by atoms with Crippen molar-refractivity contribution in [2.75, 3.05) is 11.4 Å². The van der Waals surface area contributed by atoms with Gasteiger partial charge in [-0.1, -0.05) is 30.3 Å². The van der Waals surface area contributed by atoms with Crippen LogP contribution in [0.2, 0.25) is 0 Å². The predicted molar refractivity (Wildman–Crippen MR) is 83.6 cm³/mol. The second-order valence-electron chi connectivity index (χ2n) is 5.40. The predicted octanol–water partition coefficient (Wildman–Crippen LogP) is 3.47. The third-order valence-corrected chi connectivity index (χ3v) is 3.98. The number of amides is 1. The molecule has 0 N–H and O–H groups in total. The van der Waals surface area contributed by atoms with Crippen molar-refractivity contribution >= 4 is 17.4 Å². The summed E-state index contributed by atoms with van der Waals surface area (Å²) < 4.78 is 0. The molecule has 0 atom stereocenters. The minimum atomic E-state index is 0.0765. The van der Waals surface area contributed by atoms with Gasteiger partial charge >= 0.3 is 0 Å². The Morgan fingerprint density at radius 2 is 1.62 bits per heavy atom. The highest BCUT2D eigenvalue weighted by Gasteiger charge is 2.22. The molecule has 0 aromatic heterocycles. The summed E-state index contributed by atoms with van der Waals surface area (Å²) in [5, 5.41) is 0. The van der Waals surface area contributed by atoms with Gasteiger partial charge in [-0.2, -0.15) is 0 Å². The van der Waals surface area contributed by atoms with Crippen LogP contribution in [0.3, 0.4) is 0 Å². The summed E-state index contributed by atoms with van der Waals surface area (Å²) in [7, 11) is 0. The second kappa shape index (κ2) is 5.17. The number of carbonyl (C=O) groups is 2. The van der Waals surface area contributed by atoms with E-state index in [1.165, 1.54) is 5.56 Å². The maximum absolute atomic E-state index is 11.6. The van der Waals surface area contributed by atoms with E-state index >= 15 is 0 Å². The van der Waals surface area contributed by atoms with Crippen molar-refractivity contribution in [2.24, 2.45) is 0 Å². The van der Waals surface area contributed by atoms with E-state index in [4.69, 9.17) is 0 Å². The van der Waals surface area contributed by atoms with Crippen LogP contribution in [-0.2, 0) is 11.2 Å². The summed E-state index contributed by atoms with van der Waals surface area (Å²) in [6, 6.07) is 13.8. The number of hydrogen-bond donors (Lipinski definition) is 0. The molecule has 0 unspecified atom stereocenters. The first-order valence-electron chi connectivity index (χ1n) is 7.08. The van der Waals surface area contributed by atoms with Crippen molar-refractivity contribution < 1.29 is 9.59 Å². The molecule has 106 valence electrons. The molecule has 2 aromatic carbocycles. The summed E-state index contributed by atoms with van der Waals surface area (Å²) in [4.78, 5) is 24.7. The average molecular weight is 279 g/mol. The van der Waals surface area contributed by atoms with Gasteiger partial charge in [-0.3, -0.25) is 9.59 Å². The zero-order valence-electron chi connectivity index (χ0n) is 12.2. The lowest BCUT2D eigenvalue weighted by molar-refractivity contribution is -0.116. The number of nitrogens with zero attached hydrogens (tertiary/aromatic N) is 1. The molecule has 0 spiro atoms. The summed E-state index contributed by atoms with van der Waals surface area (Å²) >= 11 is 0. The quantitative estimate of drug-likeness (QED) is 0.789. The molecule has 3 heteroatoms. The lowest BCUT2D eigenvalue weighted by Gasteiger charge is -2.15. The highest BCUT2D eigenvalue weighted by Crippen LogP contribution is 2.32. The Bertz CT molecular complexity index is 716. The molecular formula is C18H17NO2. The Hall–Kier alpha value is -2.42. The van der Waals surface area contributed by atoms with Crippen LogP contribution in [0.1, 0.15) is 29.8 Å². The Morgan fingerprint density at radius 3 is 2.24 bits per heavy atom. The number of rotatable bonds is 2. The summed E-state index contributed by atoms with van der Waals surface area (Å²) in [5.41, 5.74) is 5.16. The zero-order chi connectivity index (χ0) is 15.0. The van der Waals surface area contributed by atoms with E-state index in [0.717, 1.165) is 35.3 Å². The standard InChI is InChI=1S/C18H17NO2/c1-12(20)14-3-5-15(6-4-14)16-7-8-18-17(11-16)9-10-19(18)13(2)21/h3-8,11H,9-10H2,1-2H3. The van der Waals surface area contributed by atoms with Crippen LogP contribution in [-0.4, -0.2) is 18.2 Å². The lowest BCUT2D eigenvalue weighted by Crippen LogP contribution is -2.25. The number of fused-ring (bicyclic) bond motifs is 1. The molecule has 0 radical (unpaired) electrons. The van der Waals surface area contributed by atoms with Crippen LogP contribution in [0.25, 0.3) is 11.1 Å². The van der Waals surface area contributed by atoms with Crippen molar-refractivity contribution in [3.8, 4) is 11.1 Å². The molecule has 3 rings (SSSR count). The number of carbonyl (C=O) groups excluding carboxylic acids is 2. The number of benzene rings is 2. The molecule has 1 aliphatic heterocycles. The Kier molecular flexibility index (Phi) is 3.34. The van der Waals surface area contributed by atoms with Gasteiger partial charge in [0.2, 0.25) is 5.91 Å². The molecule has 21 heavy (non-hydrogen) atoms. The van der Waals surface area contributed by atoms with E-state index < -0.39 is 0 Å². The third-order valence-electron chi connectivity index (χ3n) is 3.98. The van der Waals surface area contributed by atoms with Crippen LogP contribution >= 0.6 is 0 Å². The second-order valence-corrected chi connectivity index (χ2v) is 5.40. The molecule has 3 nitrogen and oxygen atoms in total. The molecule has 1 amide bonds. The molecule has 2 aromatic rings. The van der Waals surface area contributed by atoms with E-state index in [2.05, 4.69) is 6.07 Å². The van der Waals surface area contributed by atoms with Crippen molar-refractivity contribution in [1.82, 2.24) is 0 Å². The zero-order valence-corrected chi connectivity index (χ0v) is 12.2. The van der Waals surface area contributed by atoms with E-state index in [0.29, 0.717) is 0 Å². The van der Waals surface area contributed by atoms with Crippen LogP contribution in [0.4, 0.5) is 5.69 Å². The van der Waals surface area contributed by atoms with Crippen LogP contribution < -0.4 is 4.90 Å². The van der Waals surface area contributed by atoms with Gasteiger partial charge in [0.1, 0.15) is 0 Å². The first-order valence-corrected chi connectivity index (χ1v) is 7.08. The van der Waals surface area contributed by atoms with Crippen molar-refractivity contribution in [3.05, 3.63) is 53.6 Å². The molecule has 0 bridgehead atoms. The van der Waals surface area contributed by atoms with Crippen LogP contribution in [0, 0.1) is 0 Å². The molecule has 1 aliphatic rings. The molecule has 0 fully saturated rings. The number of Topliss-reactive ketones (excluding diaryl/α,β-unsaturated/α-hetero) is 1. The van der Waals surface area contributed by atoms with Gasteiger partial charge in [-0.25, -0.2) is 0 Å². The number of hydrogen-bond acceptors (Lipinski definition) is 2. The summed E-state index contributed by atoms with van der Waals surface area (Å²) in [6.45, 7) is 3.93. The van der Waals surface area contributed by atoms with Gasteiger partial charge in [0.15, 0.2) is 5.78 Å². The maximum Gasteiger partial charge on any atom is 0.223 e. The van der Waals surface area contributed by atoms with E-state index in [1.807, 2.05) is 41.3 Å². The Balaban J connectivity index is 1.94. The topological polar surface area (TPSA) is 37.4 Å². The molecular weight excluding hydrogens is 262 g/mol. The normalized spacial score (nSPS) is 13.1. The third kappa shape index (κ3) is 2.47. The minimum Gasteiger partial charge on any atom is -0.312 e. The van der Waals surface area contributed by atoms with Gasteiger partial charge in [0.05, 0.1) is 0 Å². The number of anilines is 1. The fourth-order valence-electron chi connectivity index (χ4n) is 2.81. The first kappa shape index (κ1) is 13.6. The Morgan fingerprint density at radius 1 is 0.952 bits per heavy atom. The van der Waals surface area contributed by atoms with Crippen molar-refractivity contribution in [1.29, 1.82) is 0 Å². The van der Waals surface area contributed by atoms with E-state index in [9.17, 15) is 9.59 Å². The Labute approximate surface area is 124 Å². The smallest absolute Gasteiger partial charge is 0.223 e. The fraction of sp³-hybridized carbons (Fsp3) is 0.222. The van der Waals surface area contributed by atoms with Gasteiger partial charge < -0.3 is 4.90 Å².